The topological polar surface area (TPSA) is 50.3 Å². The number of ether oxygens (including phenoxy) is 1. The molecular weight excluding hydrogens is 264 g/mol. The number of nitrogens with one attached hydrogen (secondary N) is 1. The molecule has 0 radical (unpaired) electrons. The number of benzene rings is 1. The summed E-state index contributed by atoms with van der Waals surface area (Å²) < 4.78 is 5.74. The number of anilines is 1. The van der Waals surface area contributed by atoms with E-state index in [1.165, 1.54) is 12.8 Å². The molecule has 1 heterocycles. The van der Waals surface area contributed by atoms with Crippen LogP contribution in [0.25, 0.3) is 0 Å². The van der Waals surface area contributed by atoms with Crippen molar-refractivity contribution in [1.29, 1.82) is 0 Å². The van der Waals surface area contributed by atoms with Crippen LogP contribution in [0.3, 0.4) is 0 Å². The summed E-state index contributed by atoms with van der Waals surface area (Å²) in [6.07, 6.45) is 5.99. The average Bonchev–Trinajstić information content (AvgIpc) is 3.31. The Bertz CT molecular complexity index is 593. The molecular formula is C16H20N4O. The van der Waals surface area contributed by atoms with Gasteiger partial charge in [-0.15, -0.1) is 0 Å². The molecule has 1 aliphatic carbocycles. The van der Waals surface area contributed by atoms with Gasteiger partial charge in [0, 0.05) is 38.4 Å². The summed E-state index contributed by atoms with van der Waals surface area (Å²) in [5.74, 6) is 1.28. The van der Waals surface area contributed by atoms with E-state index in [9.17, 15) is 0 Å². The second kappa shape index (κ2) is 6.10. The van der Waals surface area contributed by atoms with Gasteiger partial charge in [-0.3, -0.25) is 4.98 Å². The van der Waals surface area contributed by atoms with E-state index in [4.69, 9.17) is 4.74 Å². The van der Waals surface area contributed by atoms with E-state index >= 15 is 0 Å². The van der Waals surface area contributed by atoms with Crippen LogP contribution in [0.1, 0.15) is 18.5 Å². The van der Waals surface area contributed by atoms with Crippen LogP contribution in [0.4, 0.5) is 5.69 Å². The van der Waals surface area contributed by atoms with Crippen LogP contribution >= 0.6 is 0 Å². The molecule has 0 atom stereocenters. The third kappa shape index (κ3) is 3.92. The Kier molecular flexibility index (Phi) is 4.01. The molecule has 1 saturated carbocycles. The summed E-state index contributed by atoms with van der Waals surface area (Å²) in [5, 5.41) is 3.41. The van der Waals surface area contributed by atoms with Crippen molar-refractivity contribution in [1.82, 2.24) is 15.3 Å². The van der Waals surface area contributed by atoms with E-state index in [1.54, 1.807) is 12.4 Å². The normalized spacial score (nSPS) is 14.0. The Hall–Kier alpha value is -2.14. The molecule has 1 fully saturated rings. The van der Waals surface area contributed by atoms with Crippen LogP contribution in [0, 0.1) is 0 Å². The smallest absolute Gasteiger partial charge is 0.237 e. The van der Waals surface area contributed by atoms with Crippen molar-refractivity contribution in [2.45, 2.75) is 25.4 Å². The third-order valence-corrected chi connectivity index (χ3v) is 3.39. The van der Waals surface area contributed by atoms with Gasteiger partial charge in [-0.05, 0) is 25.0 Å². The van der Waals surface area contributed by atoms with Crippen LogP contribution in [-0.2, 0) is 6.54 Å². The quantitative estimate of drug-likeness (QED) is 0.883. The predicted molar refractivity (Wildman–Crippen MR) is 82.7 cm³/mol. The fraction of sp³-hybridized carbons (Fsp3) is 0.375. The first-order valence-corrected chi connectivity index (χ1v) is 7.20. The lowest BCUT2D eigenvalue weighted by molar-refractivity contribution is 0.458. The molecule has 1 N–H and O–H groups in total. The van der Waals surface area contributed by atoms with Gasteiger partial charge >= 0.3 is 0 Å². The lowest BCUT2D eigenvalue weighted by atomic mass is 10.3. The lowest BCUT2D eigenvalue weighted by Gasteiger charge is -2.13. The molecule has 3 rings (SSSR count). The predicted octanol–water partition coefficient (Wildman–Crippen LogP) is 2.59. The zero-order valence-electron chi connectivity index (χ0n) is 12.4. The maximum Gasteiger partial charge on any atom is 0.237 e. The molecule has 0 unspecified atom stereocenters. The molecule has 0 aliphatic heterocycles. The van der Waals surface area contributed by atoms with Gasteiger partial charge in [0.1, 0.15) is 5.75 Å². The first kappa shape index (κ1) is 13.8. The van der Waals surface area contributed by atoms with Crippen LogP contribution in [-0.4, -0.2) is 30.1 Å². The van der Waals surface area contributed by atoms with Gasteiger partial charge in [0.15, 0.2) is 0 Å². The lowest BCUT2D eigenvalue weighted by Crippen LogP contribution is -2.16. The van der Waals surface area contributed by atoms with Crippen LogP contribution in [0.5, 0.6) is 11.6 Å². The zero-order chi connectivity index (χ0) is 14.7. The maximum absolute atomic E-state index is 5.74. The Labute approximate surface area is 125 Å². The van der Waals surface area contributed by atoms with E-state index in [-0.39, 0.29) is 0 Å². The van der Waals surface area contributed by atoms with Crippen molar-refractivity contribution in [3.05, 3.63) is 42.4 Å². The number of hydrogen-bond acceptors (Lipinski definition) is 5. The Morgan fingerprint density at radius 1 is 1.24 bits per heavy atom. The molecule has 0 bridgehead atoms. The van der Waals surface area contributed by atoms with Gasteiger partial charge < -0.3 is 15.0 Å². The summed E-state index contributed by atoms with van der Waals surface area (Å²) in [6, 6.07) is 8.56. The number of nitrogens with zero attached hydrogens (tertiary/aromatic N) is 3. The zero-order valence-corrected chi connectivity index (χ0v) is 12.4. The summed E-state index contributed by atoms with van der Waals surface area (Å²) >= 11 is 0. The van der Waals surface area contributed by atoms with Crippen molar-refractivity contribution in [2.24, 2.45) is 0 Å². The SMILES string of the molecule is CN(C)c1cccc(Oc2cnc(CNC3CC3)cn2)c1. The molecule has 1 aliphatic rings. The van der Waals surface area contributed by atoms with Crippen LogP contribution < -0.4 is 15.0 Å². The monoisotopic (exact) mass is 284 g/mol. The third-order valence-electron chi connectivity index (χ3n) is 3.39. The molecule has 110 valence electrons. The van der Waals surface area contributed by atoms with Crippen LogP contribution in [0.2, 0.25) is 0 Å². The molecule has 5 nitrogen and oxygen atoms in total. The van der Waals surface area contributed by atoms with E-state index in [2.05, 4.69) is 15.3 Å². The number of hydrogen-bond donors (Lipinski definition) is 1. The second-order valence-corrected chi connectivity index (χ2v) is 5.49. The van der Waals surface area contributed by atoms with Crippen molar-refractivity contribution in [3.63, 3.8) is 0 Å². The molecule has 0 amide bonds. The first-order chi connectivity index (χ1) is 10.2. The highest BCUT2D eigenvalue weighted by atomic mass is 16.5. The standard InChI is InChI=1S/C16H20N4O/c1-20(2)14-4-3-5-15(8-14)21-16-11-18-13(10-19-16)9-17-12-6-7-12/h3-5,8,10-12,17H,6-7,9H2,1-2H3. The van der Waals surface area contributed by atoms with E-state index < -0.39 is 0 Å². The molecule has 1 aromatic carbocycles. The second-order valence-electron chi connectivity index (χ2n) is 5.49. The number of rotatable bonds is 6. The fourth-order valence-electron chi connectivity index (χ4n) is 1.97. The van der Waals surface area contributed by atoms with Crippen molar-refractivity contribution >= 4 is 5.69 Å². The highest BCUT2D eigenvalue weighted by Crippen LogP contribution is 2.23. The van der Waals surface area contributed by atoms with Gasteiger partial charge in [-0.25, -0.2) is 4.98 Å². The van der Waals surface area contributed by atoms with E-state index in [1.807, 2.05) is 43.3 Å². The Morgan fingerprint density at radius 2 is 2.10 bits per heavy atom. The largest absolute Gasteiger partial charge is 0.437 e. The summed E-state index contributed by atoms with van der Waals surface area (Å²) in [7, 11) is 4.00. The molecule has 0 saturated heterocycles. The van der Waals surface area contributed by atoms with Crippen LogP contribution in [0.15, 0.2) is 36.7 Å². The van der Waals surface area contributed by atoms with Gasteiger partial charge in [-0.2, -0.15) is 0 Å². The maximum atomic E-state index is 5.74. The van der Waals surface area contributed by atoms with Crippen molar-refractivity contribution < 1.29 is 4.74 Å². The van der Waals surface area contributed by atoms with Crippen molar-refractivity contribution in [3.8, 4) is 11.6 Å². The summed E-state index contributed by atoms with van der Waals surface area (Å²) in [5.41, 5.74) is 2.03. The van der Waals surface area contributed by atoms with E-state index in [0.717, 1.165) is 23.7 Å². The first-order valence-electron chi connectivity index (χ1n) is 7.20. The minimum Gasteiger partial charge on any atom is -0.437 e. The average molecular weight is 284 g/mol. The minimum atomic E-state index is 0.515. The van der Waals surface area contributed by atoms with Gasteiger partial charge in [0.25, 0.3) is 0 Å². The van der Waals surface area contributed by atoms with Gasteiger partial charge in [0.2, 0.25) is 5.88 Å². The molecule has 1 aromatic heterocycles. The molecule has 5 heteroatoms. The Balaban J connectivity index is 1.62. The highest BCUT2D eigenvalue weighted by molar-refractivity contribution is 5.49. The highest BCUT2D eigenvalue weighted by Gasteiger charge is 2.20. The van der Waals surface area contributed by atoms with E-state index in [0.29, 0.717) is 11.9 Å². The number of aromatic nitrogens is 2. The molecule has 2 aromatic rings. The fourth-order valence-corrected chi connectivity index (χ4v) is 1.97. The summed E-state index contributed by atoms with van der Waals surface area (Å²) in [6.45, 7) is 0.772. The molecule has 21 heavy (non-hydrogen) atoms. The van der Waals surface area contributed by atoms with Gasteiger partial charge in [-0.1, -0.05) is 6.07 Å². The van der Waals surface area contributed by atoms with Gasteiger partial charge in [0.05, 0.1) is 18.1 Å². The Morgan fingerprint density at radius 3 is 2.76 bits per heavy atom. The van der Waals surface area contributed by atoms with Crippen molar-refractivity contribution in [2.75, 3.05) is 19.0 Å². The molecule has 0 spiro atoms. The summed E-state index contributed by atoms with van der Waals surface area (Å²) in [4.78, 5) is 10.7. The minimum absolute atomic E-state index is 0.515.